The minimum Gasteiger partial charge on any atom is -0.496 e. The van der Waals surface area contributed by atoms with Crippen LogP contribution < -0.4 is 14.8 Å². The second-order valence-corrected chi connectivity index (χ2v) is 10.5. The molecule has 0 aliphatic heterocycles. The minimum atomic E-state index is -3.76. The number of hydrogen-bond donors (Lipinski definition) is 2. The van der Waals surface area contributed by atoms with E-state index in [9.17, 15) is 21.6 Å². The first kappa shape index (κ1) is 25.8. The van der Waals surface area contributed by atoms with Crippen molar-refractivity contribution >= 4 is 31.6 Å². The van der Waals surface area contributed by atoms with Crippen LogP contribution in [0.25, 0.3) is 0 Å². The van der Waals surface area contributed by atoms with Gasteiger partial charge in [-0.15, -0.1) is 0 Å². The quantitative estimate of drug-likeness (QED) is 0.507. The Morgan fingerprint density at radius 1 is 0.938 bits per heavy atom. The molecule has 0 spiro atoms. The van der Waals surface area contributed by atoms with E-state index < -0.39 is 26.0 Å². The summed E-state index contributed by atoms with van der Waals surface area (Å²) in [5.41, 5.74) is 0.394. The number of hydrogen-bond acceptors (Lipinski definition) is 6. The number of benzene rings is 2. The van der Waals surface area contributed by atoms with E-state index in [2.05, 4.69) is 10.0 Å². The van der Waals surface area contributed by atoms with Crippen LogP contribution in [0, 0.1) is 0 Å². The van der Waals surface area contributed by atoms with Gasteiger partial charge in [0.15, 0.2) is 0 Å². The van der Waals surface area contributed by atoms with Crippen LogP contribution in [0.5, 0.6) is 5.75 Å². The van der Waals surface area contributed by atoms with E-state index in [4.69, 9.17) is 4.74 Å². The molecule has 32 heavy (non-hydrogen) atoms. The smallest absolute Gasteiger partial charge is 0.259 e. The van der Waals surface area contributed by atoms with Crippen molar-refractivity contribution in [2.75, 3.05) is 32.1 Å². The number of carbonyl (C=O) groups excluding carboxylic acids is 1. The monoisotopic (exact) mass is 483 g/mol. The molecule has 0 saturated carbocycles. The maximum absolute atomic E-state index is 12.9. The van der Waals surface area contributed by atoms with Crippen LogP contribution in [0.4, 0.5) is 5.69 Å². The number of methoxy groups -OCH3 is 1. The van der Waals surface area contributed by atoms with Crippen LogP contribution in [0.15, 0.2) is 52.3 Å². The summed E-state index contributed by atoms with van der Waals surface area (Å²) in [4.78, 5) is 12.9. The highest BCUT2D eigenvalue weighted by Crippen LogP contribution is 2.26. The first-order valence-electron chi connectivity index (χ1n) is 10.2. The average Bonchev–Trinajstić information content (AvgIpc) is 2.78. The SMILES string of the molecule is CCCNS(=O)(=O)c1ccc(NC(=O)c2cc(S(=O)(=O)N(CC)CC)ccc2OC)cc1. The summed E-state index contributed by atoms with van der Waals surface area (Å²) in [6.45, 7) is 6.26. The number of sulfonamides is 2. The summed E-state index contributed by atoms with van der Waals surface area (Å²) >= 11 is 0. The molecule has 2 rings (SSSR count). The molecule has 0 aliphatic carbocycles. The van der Waals surface area contributed by atoms with Gasteiger partial charge in [-0.2, -0.15) is 4.31 Å². The lowest BCUT2D eigenvalue weighted by Crippen LogP contribution is -2.30. The Morgan fingerprint density at radius 3 is 2.06 bits per heavy atom. The third-order valence-electron chi connectivity index (χ3n) is 4.72. The molecule has 0 fully saturated rings. The maximum atomic E-state index is 12.9. The largest absolute Gasteiger partial charge is 0.496 e. The van der Waals surface area contributed by atoms with Crippen LogP contribution in [0.3, 0.4) is 0 Å². The molecule has 2 aromatic carbocycles. The summed E-state index contributed by atoms with van der Waals surface area (Å²) in [5.74, 6) is -0.373. The average molecular weight is 484 g/mol. The molecule has 0 radical (unpaired) electrons. The van der Waals surface area contributed by atoms with Gasteiger partial charge in [0, 0.05) is 25.3 Å². The molecule has 0 saturated heterocycles. The van der Waals surface area contributed by atoms with E-state index in [1.54, 1.807) is 13.8 Å². The van der Waals surface area contributed by atoms with E-state index in [-0.39, 0.29) is 21.1 Å². The van der Waals surface area contributed by atoms with E-state index >= 15 is 0 Å². The zero-order chi connectivity index (χ0) is 23.9. The van der Waals surface area contributed by atoms with Gasteiger partial charge in [-0.05, 0) is 48.9 Å². The van der Waals surface area contributed by atoms with Gasteiger partial charge in [-0.1, -0.05) is 20.8 Å². The highest BCUT2D eigenvalue weighted by Gasteiger charge is 2.24. The van der Waals surface area contributed by atoms with Crippen LogP contribution in [0.2, 0.25) is 0 Å². The summed E-state index contributed by atoms with van der Waals surface area (Å²) in [6, 6.07) is 9.78. The van der Waals surface area contributed by atoms with Gasteiger partial charge < -0.3 is 10.1 Å². The number of amides is 1. The van der Waals surface area contributed by atoms with Gasteiger partial charge in [-0.3, -0.25) is 4.79 Å². The van der Waals surface area contributed by atoms with Crippen molar-refractivity contribution in [3.05, 3.63) is 48.0 Å². The van der Waals surface area contributed by atoms with Crippen LogP contribution in [-0.4, -0.2) is 53.8 Å². The molecule has 0 aromatic heterocycles. The van der Waals surface area contributed by atoms with Gasteiger partial charge in [0.25, 0.3) is 5.91 Å². The fourth-order valence-corrected chi connectivity index (χ4v) is 5.59. The maximum Gasteiger partial charge on any atom is 0.259 e. The third kappa shape index (κ3) is 5.85. The minimum absolute atomic E-state index is 0.0180. The van der Waals surface area contributed by atoms with E-state index in [0.29, 0.717) is 31.7 Å². The summed E-state index contributed by atoms with van der Waals surface area (Å²) in [7, 11) is -6.00. The van der Waals surface area contributed by atoms with Gasteiger partial charge in [0.05, 0.1) is 22.5 Å². The molecule has 0 bridgehead atoms. The fraction of sp³-hybridized carbons (Fsp3) is 0.381. The normalized spacial score (nSPS) is 12.0. The van der Waals surface area contributed by atoms with Gasteiger partial charge in [0.1, 0.15) is 5.75 Å². The number of anilines is 1. The van der Waals surface area contributed by atoms with E-state index in [1.807, 2.05) is 6.92 Å². The Kier molecular flexibility index (Phi) is 8.79. The van der Waals surface area contributed by atoms with Crippen molar-refractivity contribution in [3.8, 4) is 5.75 Å². The van der Waals surface area contributed by atoms with Gasteiger partial charge in [0.2, 0.25) is 20.0 Å². The molecule has 0 heterocycles. The number of rotatable bonds is 11. The zero-order valence-electron chi connectivity index (χ0n) is 18.6. The molecule has 0 atom stereocenters. The first-order valence-corrected chi connectivity index (χ1v) is 13.1. The van der Waals surface area contributed by atoms with Crippen molar-refractivity contribution in [1.29, 1.82) is 0 Å². The standard InChI is InChI=1S/C21H29N3O6S2/c1-5-14-22-31(26,27)17-10-8-16(9-11-17)23-21(25)19-15-18(12-13-20(19)30-4)32(28,29)24(6-2)7-3/h8-13,15,22H,5-7,14H2,1-4H3,(H,23,25). The molecule has 11 heteroatoms. The molecule has 176 valence electrons. The molecular formula is C21H29N3O6S2. The Labute approximate surface area is 189 Å². The number of nitrogens with one attached hydrogen (secondary N) is 2. The van der Waals surface area contributed by atoms with Crippen molar-refractivity contribution < 1.29 is 26.4 Å². The van der Waals surface area contributed by atoms with Gasteiger partial charge >= 0.3 is 0 Å². The molecule has 1 amide bonds. The molecule has 2 aromatic rings. The second-order valence-electron chi connectivity index (χ2n) is 6.83. The topological polar surface area (TPSA) is 122 Å². The van der Waals surface area contributed by atoms with Crippen molar-refractivity contribution in [3.63, 3.8) is 0 Å². The predicted molar refractivity (Wildman–Crippen MR) is 123 cm³/mol. The van der Waals surface area contributed by atoms with Crippen molar-refractivity contribution in [2.45, 2.75) is 37.0 Å². The molecule has 0 unspecified atom stereocenters. The molecule has 2 N–H and O–H groups in total. The molecule has 9 nitrogen and oxygen atoms in total. The number of ether oxygens (including phenoxy) is 1. The second kappa shape index (κ2) is 10.9. The Hall–Kier alpha value is -2.47. The number of carbonyl (C=O) groups is 1. The lowest BCUT2D eigenvalue weighted by molar-refractivity contribution is 0.102. The molecular weight excluding hydrogens is 454 g/mol. The van der Waals surface area contributed by atoms with Crippen LogP contribution in [0.1, 0.15) is 37.6 Å². The third-order valence-corrected chi connectivity index (χ3v) is 8.25. The Morgan fingerprint density at radius 2 is 1.53 bits per heavy atom. The van der Waals surface area contributed by atoms with E-state index in [1.165, 1.54) is 53.9 Å². The summed E-state index contributed by atoms with van der Waals surface area (Å²) in [6.07, 6.45) is 0.665. The van der Waals surface area contributed by atoms with Crippen LogP contribution >= 0.6 is 0 Å². The fourth-order valence-electron chi connectivity index (χ4n) is 2.97. The highest BCUT2D eigenvalue weighted by atomic mass is 32.2. The van der Waals surface area contributed by atoms with Gasteiger partial charge in [-0.25, -0.2) is 21.6 Å². The Bertz CT molecular complexity index is 1140. The highest BCUT2D eigenvalue weighted by molar-refractivity contribution is 7.89. The van der Waals surface area contributed by atoms with Crippen molar-refractivity contribution in [1.82, 2.24) is 9.03 Å². The predicted octanol–water partition coefficient (Wildman–Crippen LogP) is 2.67. The molecule has 0 aliphatic rings. The number of nitrogens with zero attached hydrogens (tertiary/aromatic N) is 1. The van der Waals surface area contributed by atoms with Crippen LogP contribution in [-0.2, 0) is 20.0 Å². The lowest BCUT2D eigenvalue weighted by atomic mass is 10.2. The lowest BCUT2D eigenvalue weighted by Gasteiger charge is -2.19. The summed E-state index contributed by atoms with van der Waals surface area (Å²) in [5, 5.41) is 2.65. The first-order chi connectivity index (χ1) is 15.1. The van der Waals surface area contributed by atoms with Crippen molar-refractivity contribution in [2.24, 2.45) is 0 Å². The Balaban J connectivity index is 2.31. The summed E-state index contributed by atoms with van der Waals surface area (Å²) < 4.78 is 59.0. The zero-order valence-corrected chi connectivity index (χ0v) is 20.2. The van der Waals surface area contributed by atoms with E-state index in [0.717, 1.165) is 0 Å².